The summed E-state index contributed by atoms with van der Waals surface area (Å²) in [4.78, 5) is 14.4. The van der Waals surface area contributed by atoms with Crippen molar-refractivity contribution in [1.29, 1.82) is 0 Å². The van der Waals surface area contributed by atoms with Gasteiger partial charge < -0.3 is 15.4 Å². The molecule has 2 fully saturated rings. The number of carbonyl (C=O) groups excluding carboxylic acids is 1. The van der Waals surface area contributed by atoms with Crippen molar-refractivity contribution in [3.05, 3.63) is 0 Å². The highest BCUT2D eigenvalue weighted by atomic mass is 35.5. The molecule has 1 amide bonds. The molecule has 7 heteroatoms. The summed E-state index contributed by atoms with van der Waals surface area (Å²) in [5.41, 5.74) is 0.0534. The average Bonchev–Trinajstić information content (AvgIpc) is 2.92. The van der Waals surface area contributed by atoms with Crippen molar-refractivity contribution < 1.29 is 9.53 Å². The van der Waals surface area contributed by atoms with Gasteiger partial charge in [-0.1, -0.05) is 0 Å². The Bertz CT molecular complexity index is 305. The molecule has 0 radical (unpaired) electrons. The van der Waals surface area contributed by atoms with Crippen molar-refractivity contribution in [3.8, 4) is 0 Å². The standard InChI is InChI=1S/C14H27N3O2.2ClH/c1-14(2,17-6-3-4-7-17)11-16-13(18)9-12-10-15-5-8-19-12;;/h12,15H,3-11H2,1-2H3,(H,16,18);2*1H. The van der Waals surface area contributed by atoms with Gasteiger partial charge in [-0.2, -0.15) is 0 Å². The van der Waals surface area contributed by atoms with Crippen LogP contribution in [0.5, 0.6) is 0 Å². The van der Waals surface area contributed by atoms with Gasteiger partial charge in [-0.25, -0.2) is 0 Å². The number of rotatable bonds is 5. The molecule has 5 nitrogen and oxygen atoms in total. The summed E-state index contributed by atoms with van der Waals surface area (Å²) < 4.78 is 5.55. The first-order chi connectivity index (χ1) is 9.08. The molecular formula is C14H29Cl2N3O2. The molecule has 0 aromatic heterocycles. The van der Waals surface area contributed by atoms with E-state index in [4.69, 9.17) is 4.74 Å². The molecule has 2 N–H and O–H groups in total. The first-order valence-electron chi connectivity index (χ1n) is 7.42. The van der Waals surface area contributed by atoms with Crippen LogP contribution in [0.1, 0.15) is 33.1 Å². The zero-order valence-electron chi connectivity index (χ0n) is 13.0. The van der Waals surface area contributed by atoms with Crippen LogP contribution in [-0.4, -0.2) is 61.8 Å². The van der Waals surface area contributed by atoms with E-state index in [0.717, 1.165) is 26.2 Å². The van der Waals surface area contributed by atoms with Gasteiger partial charge in [0.25, 0.3) is 0 Å². The second kappa shape index (κ2) is 9.85. The van der Waals surface area contributed by atoms with Crippen LogP contribution in [0.4, 0.5) is 0 Å². The number of halogens is 2. The Labute approximate surface area is 140 Å². The van der Waals surface area contributed by atoms with Crippen LogP contribution in [0.3, 0.4) is 0 Å². The monoisotopic (exact) mass is 341 g/mol. The number of ether oxygens (including phenoxy) is 1. The molecular weight excluding hydrogens is 313 g/mol. The number of nitrogens with zero attached hydrogens (tertiary/aromatic N) is 1. The first kappa shape index (κ1) is 20.9. The Hall–Kier alpha value is -0.0700. The number of carbonyl (C=O) groups is 1. The van der Waals surface area contributed by atoms with Crippen LogP contribution < -0.4 is 10.6 Å². The van der Waals surface area contributed by atoms with E-state index in [1.54, 1.807) is 0 Å². The summed E-state index contributed by atoms with van der Waals surface area (Å²) in [5, 5.41) is 6.30. The van der Waals surface area contributed by atoms with Gasteiger partial charge in [0.2, 0.25) is 5.91 Å². The second-order valence-electron chi connectivity index (χ2n) is 6.18. The largest absolute Gasteiger partial charge is 0.375 e. The molecule has 0 aromatic carbocycles. The van der Waals surface area contributed by atoms with E-state index in [1.807, 2.05) is 0 Å². The van der Waals surface area contributed by atoms with Gasteiger partial charge in [-0.3, -0.25) is 9.69 Å². The van der Waals surface area contributed by atoms with Crippen molar-refractivity contribution in [2.75, 3.05) is 39.3 Å². The lowest BCUT2D eigenvalue weighted by molar-refractivity contribution is -0.125. The van der Waals surface area contributed by atoms with Gasteiger partial charge in [0.05, 0.1) is 19.1 Å². The van der Waals surface area contributed by atoms with Crippen LogP contribution in [0.25, 0.3) is 0 Å². The highest BCUT2D eigenvalue weighted by molar-refractivity contribution is 5.85. The number of hydrogen-bond acceptors (Lipinski definition) is 4. The molecule has 0 aromatic rings. The third kappa shape index (κ3) is 6.70. The zero-order valence-corrected chi connectivity index (χ0v) is 14.7. The molecule has 0 spiro atoms. The highest BCUT2D eigenvalue weighted by Crippen LogP contribution is 2.20. The Morgan fingerprint density at radius 1 is 1.33 bits per heavy atom. The minimum Gasteiger partial charge on any atom is -0.375 e. The molecule has 2 saturated heterocycles. The maximum Gasteiger partial charge on any atom is 0.222 e. The lowest BCUT2D eigenvalue weighted by Gasteiger charge is -2.35. The van der Waals surface area contributed by atoms with Crippen molar-refractivity contribution in [2.24, 2.45) is 0 Å². The highest BCUT2D eigenvalue weighted by Gasteiger charge is 2.29. The smallest absolute Gasteiger partial charge is 0.222 e. The fraction of sp³-hybridized carbons (Fsp3) is 0.929. The van der Waals surface area contributed by atoms with Crippen molar-refractivity contribution in [2.45, 2.75) is 44.8 Å². The molecule has 2 rings (SSSR count). The molecule has 2 aliphatic heterocycles. The minimum atomic E-state index is 0. The molecule has 1 atom stereocenters. The van der Waals surface area contributed by atoms with Crippen LogP contribution in [-0.2, 0) is 9.53 Å². The van der Waals surface area contributed by atoms with E-state index >= 15 is 0 Å². The third-order valence-electron chi connectivity index (χ3n) is 4.10. The molecule has 0 aliphatic carbocycles. The number of nitrogens with one attached hydrogen (secondary N) is 2. The SMILES string of the molecule is CC(C)(CNC(=O)CC1CNCCO1)N1CCCC1.Cl.Cl. The Morgan fingerprint density at radius 2 is 2.00 bits per heavy atom. The van der Waals surface area contributed by atoms with E-state index in [-0.39, 0.29) is 42.4 Å². The number of amides is 1. The number of morpholine rings is 1. The normalized spacial score (nSPS) is 23.0. The number of hydrogen-bond donors (Lipinski definition) is 2. The fourth-order valence-electron chi connectivity index (χ4n) is 2.78. The van der Waals surface area contributed by atoms with E-state index in [2.05, 4.69) is 29.4 Å². The lowest BCUT2D eigenvalue weighted by atomic mass is 10.0. The van der Waals surface area contributed by atoms with Gasteiger partial charge in [0.1, 0.15) is 0 Å². The maximum absolute atomic E-state index is 11.9. The fourth-order valence-corrected chi connectivity index (χ4v) is 2.78. The molecule has 0 saturated carbocycles. The number of likely N-dealkylation sites (tertiary alicyclic amines) is 1. The molecule has 2 aliphatic rings. The minimum absolute atomic E-state index is 0. The third-order valence-corrected chi connectivity index (χ3v) is 4.10. The summed E-state index contributed by atoms with van der Waals surface area (Å²) in [6, 6.07) is 0. The van der Waals surface area contributed by atoms with Gasteiger partial charge >= 0.3 is 0 Å². The van der Waals surface area contributed by atoms with Gasteiger partial charge in [-0.15, -0.1) is 24.8 Å². The summed E-state index contributed by atoms with van der Waals surface area (Å²) in [6.07, 6.45) is 3.05. The Morgan fingerprint density at radius 3 is 2.57 bits per heavy atom. The quantitative estimate of drug-likeness (QED) is 0.788. The molecule has 2 heterocycles. The van der Waals surface area contributed by atoms with Gasteiger partial charge in [-0.05, 0) is 39.8 Å². The van der Waals surface area contributed by atoms with Crippen LogP contribution in [0, 0.1) is 0 Å². The summed E-state index contributed by atoms with van der Waals surface area (Å²) in [6.45, 7) is 9.80. The summed E-state index contributed by atoms with van der Waals surface area (Å²) in [7, 11) is 0. The van der Waals surface area contributed by atoms with Crippen molar-refractivity contribution in [1.82, 2.24) is 15.5 Å². The average molecular weight is 342 g/mol. The topological polar surface area (TPSA) is 53.6 Å². The predicted molar refractivity (Wildman–Crippen MR) is 89.6 cm³/mol. The van der Waals surface area contributed by atoms with Crippen LogP contribution >= 0.6 is 24.8 Å². The predicted octanol–water partition coefficient (Wildman–Crippen LogP) is 1.20. The van der Waals surface area contributed by atoms with Gasteiger partial charge in [0, 0.05) is 25.2 Å². The molecule has 0 bridgehead atoms. The second-order valence-corrected chi connectivity index (χ2v) is 6.18. The van der Waals surface area contributed by atoms with Crippen molar-refractivity contribution in [3.63, 3.8) is 0 Å². The van der Waals surface area contributed by atoms with Crippen LogP contribution in [0.15, 0.2) is 0 Å². The van der Waals surface area contributed by atoms with Gasteiger partial charge in [0.15, 0.2) is 0 Å². The maximum atomic E-state index is 11.9. The zero-order chi connectivity index (χ0) is 13.7. The van der Waals surface area contributed by atoms with E-state index in [1.165, 1.54) is 12.8 Å². The summed E-state index contributed by atoms with van der Waals surface area (Å²) in [5.74, 6) is 0.0981. The molecule has 21 heavy (non-hydrogen) atoms. The van der Waals surface area contributed by atoms with E-state index in [0.29, 0.717) is 19.6 Å². The van der Waals surface area contributed by atoms with E-state index in [9.17, 15) is 4.79 Å². The Kier molecular flexibility index (Phi) is 9.81. The van der Waals surface area contributed by atoms with Crippen molar-refractivity contribution >= 4 is 30.7 Å². The van der Waals surface area contributed by atoms with E-state index < -0.39 is 0 Å². The Balaban J connectivity index is 0.00000200. The molecule has 126 valence electrons. The lowest BCUT2D eigenvalue weighted by Crippen LogP contribution is -2.51. The molecule has 1 unspecified atom stereocenters. The first-order valence-corrected chi connectivity index (χ1v) is 7.42. The van der Waals surface area contributed by atoms with Crippen LogP contribution in [0.2, 0.25) is 0 Å². The summed E-state index contributed by atoms with van der Waals surface area (Å²) >= 11 is 0.